The highest BCUT2D eigenvalue weighted by Gasteiger charge is 2.21. The summed E-state index contributed by atoms with van der Waals surface area (Å²) in [7, 11) is 0. The van der Waals surface area contributed by atoms with E-state index in [4.69, 9.17) is 14.7 Å². The first kappa shape index (κ1) is 19.7. The van der Waals surface area contributed by atoms with E-state index >= 15 is 0 Å². The lowest BCUT2D eigenvalue weighted by Gasteiger charge is -2.28. The van der Waals surface area contributed by atoms with Crippen molar-refractivity contribution in [1.82, 2.24) is 20.2 Å². The maximum atomic E-state index is 5.57. The summed E-state index contributed by atoms with van der Waals surface area (Å²) in [5, 5.41) is 12.8. The molecule has 2 N–H and O–H groups in total. The van der Waals surface area contributed by atoms with Crippen molar-refractivity contribution in [3.8, 4) is 11.4 Å². The van der Waals surface area contributed by atoms with Gasteiger partial charge in [0.05, 0.1) is 40.1 Å². The Bertz CT molecular complexity index is 1280. The fraction of sp³-hybridized carbons (Fsp3) is 0.261. The molecule has 1 fully saturated rings. The molecule has 1 aliphatic rings. The second kappa shape index (κ2) is 8.49. The molecule has 4 heterocycles. The number of aromatic nitrogens is 4. The summed E-state index contributed by atoms with van der Waals surface area (Å²) in [5.41, 5.74) is 3.98. The molecule has 0 atom stereocenters. The summed E-state index contributed by atoms with van der Waals surface area (Å²) in [4.78, 5) is 12.3. The zero-order valence-corrected chi connectivity index (χ0v) is 18.4. The Kier molecular flexibility index (Phi) is 5.40. The van der Waals surface area contributed by atoms with Crippen LogP contribution in [-0.4, -0.2) is 46.5 Å². The number of ether oxygens (including phenoxy) is 1. The van der Waals surface area contributed by atoms with Crippen LogP contribution < -0.4 is 10.2 Å². The molecule has 4 aromatic rings. The number of H-pyrrole nitrogens is 1. The third kappa shape index (κ3) is 3.92. The van der Waals surface area contributed by atoms with Crippen LogP contribution in [0.15, 0.2) is 54.4 Å². The van der Waals surface area contributed by atoms with Crippen LogP contribution >= 0.6 is 11.3 Å². The first-order valence-corrected chi connectivity index (χ1v) is 11.2. The Balaban J connectivity index is 1.64. The molecule has 1 saturated heterocycles. The smallest absolute Gasteiger partial charge is 0.162 e. The Hall–Kier alpha value is -3.23. The first-order chi connectivity index (χ1) is 15.2. The van der Waals surface area contributed by atoms with Gasteiger partial charge in [0, 0.05) is 29.7 Å². The van der Waals surface area contributed by atoms with Crippen molar-refractivity contribution in [2.24, 2.45) is 0 Å². The monoisotopic (exact) mass is 432 g/mol. The fourth-order valence-electron chi connectivity index (χ4n) is 3.73. The molecule has 1 aromatic carbocycles. The number of aromatic amines is 1. The van der Waals surface area contributed by atoms with E-state index in [9.17, 15) is 0 Å². The number of rotatable bonds is 5. The van der Waals surface area contributed by atoms with Crippen molar-refractivity contribution in [3.05, 3.63) is 54.4 Å². The number of benzene rings is 1. The molecule has 3 aromatic heterocycles. The number of nitrogens with one attached hydrogen (secondary N) is 2. The van der Waals surface area contributed by atoms with Crippen LogP contribution in [-0.2, 0) is 4.74 Å². The van der Waals surface area contributed by atoms with Gasteiger partial charge in [0.25, 0.3) is 0 Å². The highest BCUT2D eigenvalue weighted by atomic mass is 32.1. The number of morpholine rings is 1. The summed E-state index contributed by atoms with van der Waals surface area (Å²) >= 11 is 1.69. The van der Waals surface area contributed by atoms with Crippen LogP contribution in [0.5, 0.6) is 0 Å². The van der Waals surface area contributed by atoms with E-state index in [-0.39, 0.29) is 0 Å². The van der Waals surface area contributed by atoms with Crippen LogP contribution in [0, 0.1) is 0 Å². The minimum absolute atomic E-state index is 0.708. The third-order valence-corrected chi connectivity index (χ3v) is 6.28. The van der Waals surface area contributed by atoms with Gasteiger partial charge in [-0.25, -0.2) is 9.97 Å². The molecule has 0 aliphatic carbocycles. The second-order valence-electron chi connectivity index (χ2n) is 7.43. The van der Waals surface area contributed by atoms with Crippen LogP contribution in [0.3, 0.4) is 0 Å². The molecule has 0 amide bonds. The maximum absolute atomic E-state index is 5.57. The normalized spacial score (nSPS) is 15.4. The SMILES string of the molecule is C/C=C\C=C(/C)Nc1cc2nc(-c3cccc4[nH]ncc34)nc(N3CCOCC3)c2s1. The van der Waals surface area contributed by atoms with Gasteiger partial charge < -0.3 is 15.0 Å². The number of anilines is 2. The largest absolute Gasteiger partial charge is 0.378 e. The minimum Gasteiger partial charge on any atom is -0.378 e. The van der Waals surface area contributed by atoms with Crippen LogP contribution in [0.1, 0.15) is 13.8 Å². The topological polar surface area (TPSA) is 79.0 Å². The lowest BCUT2D eigenvalue weighted by Crippen LogP contribution is -2.36. The highest BCUT2D eigenvalue weighted by Crippen LogP contribution is 2.38. The first-order valence-electron chi connectivity index (χ1n) is 10.4. The Morgan fingerprint density at radius 3 is 2.97 bits per heavy atom. The molecule has 0 unspecified atom stereocenters. The van der Waals surface area contributed by atoms with Gasteiger partial charge in [-0.3, -0.25) is 5.10 Å². The molecular formula is C23H24N6OS. The second-order valence-corrected chi connectivity index (χ2v) is 8.48. The highest BCUT2D eigenvalue weighted by molar-refractivity contribution is 7.23. The molecule has 7 nitrogen and oxygen atoms in total. The Morgan fingerprint density at radius 1 is 1.26 bits per heavy atom. The van der Waals surface area contributed by atoms with E-state index in [2.05, 4.69) is 45.5 Å². The van der Waals surface area contributed by atoms with Gasteiger partial charge in [-0.05, 0) is 32.1 Å². The van der Waals surface area contributed by atoms with Gasteiger partial charge in [-0.15, -0.1) is 11.3 Å². The Labute approximate surface area is 184 Å². The average Bonchev–Trinajstić information content (AvgIpc) is 3.43. The van der Waals surface area contributed by atoms with E-state index in [1.807, 2.05) is 37.4 Å². The summed E-state index contributed by atoms with van der Waals surface area (Å²) in [6.45, 7) is 7.13. The van der Waals surface area contributed by atoms with E-state index in [1.54, 1.807) is 11.3 Å². The molecule has 8 heteroatoms. The number of nitrogens with zero attached hydrogens (tertiary/aromatic N) is 4. The van der Waals surface area contributed by atoms with Crippen molar-refractivity contribution in [2.45, 2.75) is 13.8 Å². The van der Waals surface area contributed by atoms with Crippen LogP contribution in [0.2, 0.25) is 0 Å². The number of fused-ring (bicyclic) bond motifs is 2. The summed E-state index contributed by atoms with van der Waals surface area (Å²) < 4.78 is 6.66. The molecule has 5 rings (SSSR count). The van der Waals surface area contributed by atoms with Gasteiger partial charge in [0.15, 0.2) is 11.6 Å². The number of hydrogen-bond donors (Lipinski definition) is 2. The summed E-state index contributed by atoms with van der Waals surface area (Å²) in [5.74, 6) is 1.68. The number of allylic oxidation sites excluding steroid dienone is 4. The van der Waals surface area contributed by atoms with Crippen molar-refractivity contribution in [3.63, 3.8) is 0 Å². The Morgan fingerprint density at radius 2 is 2.13 bits per heavy atom. The van der Waals surface area contributed by atoms with Gasteiger partial charge in [-0.1, -0.05) is 24.3 Å². The quantitative estimate of drug-likeness (QED) is 0.434. The molecular weight excluding hydrogens is 408 g/mol. The van der Waals surface area contributed by atoms with Crippen LogP contribution in [0.4, 0.5) is 10.8 Å². The lowest BCUT2D eigenvalue weighted by molar-refractivity contribution is 0.122. The van der Waals surface area contributed by atoms with Gasteiger partial charge in [-0.2, -0.15) is 5.10 Å². The molecule has 158 valence electrons. The van der Waals surface area contributed by atoms with Gasteiger partial charge in [0.2, 0.25) is 0 Å². The number of hydrogen-bond acceptors (Lipinski definition) is 7. The summed E-state index contributed by atoms with van der Waals surface area (Å²) in [6, 6.07) is 8.18. The van der Waals surface area contributed by atoms with E-state index < -0.39 is 0 Å². The van der Waals surface area contributed by atoms with E-state index in [0.29, 0.717) is 19.0 Å². The average molecular weight is 433 g/mol. The predicted octanol–water partition coefficient (Wildman–Crippen LogP) is 4.96. The molecule has 0 spiro atoms. The zero-order chi connectivity index (χ0) is 21.2. The van der Waals surface area contributed by atoms with Crippen LogP contribution in [0.25, 0.3) is 32.5 Å². The van der Waals surface area contributed by atoms with Gasteiger partial charge in [0.1, 0.15) is 0 Å². The van der Waals surface area contributed by atoms with E-state index in [1.165, 1.54) is 0 Å². The molecule has 0 saturated carbocycles. The molecule has 0 radical (unpaired) electrons. The summed E-state index contributed by atoms with van der Waals surface area (Å²) in [6.07, 6.45) is 7.94. The third-order valence-electron chi connectivity index (χ3n) is 5.25. The minimum atomic E-state index is 0.708. The van der Waals surface area contributed by atoms with Crippen molar-refractivity contribution in [2.75, 3.05) is 36.5 Å². The molecule has 1 aliphatic heterocycles. The van der Waals surface area contributed by atoms with Crippen molar-refractivity contribution >= 4 is 43.3 Å². The lowest BCUT2D eigenvalue weighted by atomic mass is 10.1. The fourth-order valence-corrected chi connectivity index (χ4v) is 4.80. The standard InChI is InChI=1S/C23H24N6OS/c1-3-4-6-15(2)25-20-13-19-21(31-20)23(29-9-11-30-12-10-29)27-22(26-19)16-7-5-8-18-17(16)14-24-28-18/h3-8,13-14,25H,9-12H2,1-2H3,(H,24,28)/b4-3-,15-6+. The van der Waals surface area contributed by atoms with E-state index in [0.717, 1.165) is 56.3 Å². The predicted molar refractivity (Wildman–Crippen MR) is 128 cm³/mol. The van der Waals surface area contributed by atoms with Gasteiger partial charge >= 0.3 is 0 Å². The maximum Gasteiger partial charge on any atom is 0.162 e. The van der Waals surface area contributed by atoms with Crippen molar-refractivity contribution < 1.29 is 4.74 Å². The van der Waals surface area contributed by atoms with Crippen molar-refractivity contribution in [1.29, 1.82) is 0 Å². The molecule has 31 heavy (non-hydrogen) atoms. The number of thiophene rings is 1. The zero-order valence-electron chi connectivity index (χ0n) is 17.6. The molecule has 0 bridgehead atoms.